The van der Waals surface area contributed by atoms with Crippen molar-refractivity contribution >= 4 is 16.2 Å². The van der Waals surface area contributed by atoms with Gasteiger partial charge in [0.15, 0.2) is 0 Å². The molecule has 0 unspecified atom stereocenters. The summed E-state index contributed by atoms with van der Waals surface area (Å²) < 4.78 is 25.7. The predicted molar refractivity (Wildman–Crippen MR) is 46.2 cm³/mol. The minimum atomic E-state index is -3.69. The summed E-state index contributed by atoms with van der Waals surface area (Å²) in [6, 6.07) is 0. The number of carbonyl (C=O) groups is 1. The van der Waals surface area contributed by atoms with E-state index in [0.29, 0.717) is 13.0 Å². The average molecular weight is 211 g/mol. The van der Waals surface area contributed by atoms with Crippen LogP contribution in [-0.2, 0) is 15.0 Å². The third-order valence-corrected chi connectivity index (χ3v) is 2.19. The number of carboxylic acid groups (broad SMARTS) is 1. The maximum Gasteiger partial charge on any atom is 0.318 e. The predicted octanol–water partition coefficient (Wildman–Crippen LogP) is -2.16. The lowest BCUT2D eigenvalue weighted by Crippen LogP contribution is -2.40. The van der Waals surface area contributed by atoms with E-state index in [1.807, 2.05) is 4.72 Å². The first-order valence-electron chi connectivity index (χ1n) is 3.64. The van der Waals surface area contributed by atoms with Crippen LogP contribution >= 0.6 is 0 Å². The molecule has 0 aromatic heterocycles. The average Bonchev–Trinajstić information content (AvgIpc) is 2.02. The van der Waals surface area contributed by atoms with Crippen molar-refractivity contribution < 1.29 is 18.3 Å². The van der Waals surface area contributed by atoms with Gasteiger partial charge in [0.2, 0.25) is 0 Å². The van der Waals surface area contributed by atoms with Gasteiger partial charge in [0.1, 0.15) is 6.54 Å². The number of carboxylic acids is 1. The highest BCUT2D eigenvalue weighted by molar-refractivity contribution is 7.87. The van der Waals surface area contributed by atoms with E-state index >= 15 is 0 Å². The number of hydrogen-bond acceptors (Lipinski definition) is 4. The summed E-state index contributed by atoms with van der Waals surface area (Å²) in [5.74, 6) is -1.23. The summed E-state index contributed by atoms with van der Waals surface area (Å²) in [4.78, 5) is 10.0. The number of rotatable bonds is 7. The summed E-state index contributed by atoms with van der Waals surface area (Å²) in [6.45, 7) is -0.0507. The Hall–Kier alpha value is -0.700. The van der Waals surface area contributed by atoms with Crippen LogP contribution in [0.25, 0.3) is 0 Å². The Morgan fingerprint density at radius 3 is 2.46 bits per heavy atom. The lowest BCUT2D eigenvalue weighted by Gasteiger charge is -2.04. The van der Waals surface area contributed by atoms with Crippen molar-refractivity contribution in [3.63, 3.8) is 0 Å². The molecule has 0 aliphatic heterocycles. The van der Waals surface area contributed by atoms with E-state index < -0.39 is 22.7 Å². The van der Waals surface area contributed by atoms with Crippen LogP contribution in [0.4, 0.5) is 0 Å². The SMILES string of the molecule is NCCCNS(=O)(=O)NCC(=O)O. The van der Waals surface area contributed by atoms with Crippen molar-refractivity contribution in [1.29, 1.82) is 0 Å². The molecule has 0 rings (SSSR count). The maximum atomic E-state index is 10.9. The van der Waals surface area contributed by atoms with Gasteiger partial charge in [0.25, 0.3) is 10.2 Å². The number of nitrogens with one attached hydrogen (secondary N) is 2. The van der Waals surface area contributed by atoms with Gasteiger partial charge in [0.05, 0.1) is 0 Å². The first kappa shape index (κ1) is 12.3. The summed E-state index contributed by atoms with van der Waals surface area (Å²) >= 11 is 0. The molecule has 0 heterocycles. The molecule has 8 heteroatoms. The zero-order valence-corrected chi connectivity index (χ0v) is 7.80. The van der Waals surface area contributed by atoms with Gasteiger partial charge in [-0.05, 0) is 13.0 Å². The van der Waals surface area contributed by atoms with Gasteiger partial charge < -0.3 is 10.8 Å². The van der Waals surface area contributed by atoms with E-state index in [4.69, 9.17) is 10.8 Å². The van der Waals surface area contributed by atoms with E-state index in [0.717, 1.165) is 0 Å². The molecule has 5 N–H and O–H groups in total. The molecular weight excluding hydrogens is 198 g/mol. The second kappa shape index (κ2) is 5.86. The summed E-state index contributed by atoms with van der Waals surface area (Å²) in [5.41, 5.74) is 5.13. The van der Waals surface area contributed by atoms with E-state index in [1.165, 1.54) is 0 Å². The molecule has 13 heavy (non-hydrogen) atoms. The molecule has 0 saturated heterocycles. The topological polar surface area (TPSA) is 122 Å². The van der Waals surface area contributed by atoms with Crippen LogP contribution in [0, 0.1) is 0 Å². The van der Waals surface area contributed by atoms with Gasteiger partial charge >= 0.3 is 5.97 Å². The zero-order valence-electron chi connectivity index (χ0n) is 6.99. The Balaban J connectivity index is 3.74. The van der Waals surface area contributed by atoms with Gasteiger partial charge in [-0.25, -0.2) is 4.72 Å². The first-order chi connectivity index (χ1) is 5.98. The molecule has 0 aromatic rings. The number of aliphatic carboxylic acids is 1. The molecule has 7 nitrogen and oxygen atoms in total. The Kier molecular flexibility index (Phi) is 5.55. The highest BCUT2D eigenvalue weighted by atomic mass is 32.2. The van der Waals surface area contributed by atoms with Crippen molar-refractivity contribution in [1.82, 2.24) is 9.44 Å². The van der Waals surface area contributed by atoms with E-state index in [-0.39, 0.29) is 6.54 Å². The largest absolute Gasteiger partial charge is 0.480 e. The second-order valence-electron chi connectivity index (χ2n) is 2.25. The second-order valence-corrected chi connectivity index (χ2v) is 3.84. The lowest BCUT2D eigenvalue weighted by atomic mass is 10.4. The normalized spacial score (nSPS) is 11.5. The fraction of sp³-hybridized carbons (Fsp3) is 0.800. The lowest BCUT2D eigenvalue weighted by molar-refractivity contribution is -0.135. The van der Waals surface area contributed by atoms with Crippen molar-refractivity contribution in [3.05, 3.63) is 0 Å². The van der Waals surface area contributed by atoms with Crippen molar-refractivity contribution in [2.24, 2.45) is 5.73 Å². The summed E-state index contributed by atoms with van der Waals surface area (Å²) in [7, 11) is -3.69. The van der Waals surface area contributed by atoms with Gasteiger partial charge in [-0.2, -0.15) is 13.1 Å². The number of nitrogens with two attached hydrogens (primary N) is 1. The Bertz CT molecular complexity index is 251. The molecule has 0 aromatic carbocycles. The van der Waals surface area contributed by atoms with Crippen LogP contribution in [0.5, 0.6) is 0 Å². The van der Waals surface area contributed by atoms with Gasteiger partial charge in [0, 0.05) is 6.54 Å². The minimum Gasteiger partial charge on any atom is -0.480 e. The smallest absolute Gasteiger partial charge is 0.318 e. The highest BCUT2D eigenvalue weighted by Gasteiger charge is 2.09. The van der Waals surface area contributed by atoms with Gasteiger partial charge in [-0.3, -0.25) is 4.79 Å². The quantitative estimate of drug-likeness (QED) is 0.357. The van der Waals surface area contributed by atoms with Crippen molar-refractivity contribution in [2.45, 2.75) is 6.42 Å². The monoisotopic (exact) mass is 211 g/mol. The molecule has 0 aliphatic carbocycles. The third-order valence-electron chi connectivity index (χ3n) is 1.09. The van der Waals surface area contributed by atoms with Crippen LogP contribution in [0.3, 0.4) is 0 Å². The van der Waals surface area contributed by atoms with Crippen LogP contribution in [0.1, 0.15) is 6.42 Å². The number of hydrogen-bond donors (Lipinski definition) is 4. The van der Waals surface area contributed by atoms with Crippen LogP contribution in [-0.4, -0.2) is 39.1 Å². The van der Waals surface area contributed by atoms with E-state index in [9.17, 15) is 13.2 Å². The van der Waals surface area contributed by atoms with Crippen molar-refractivity contribution in [2.75, 3.05) is 19.6 Å². The zero-order chi connectivity index (χ0) is 10.3. The standard InChI is InChI=1S/C5H13N3O4S/c6-2-1-3-7-13(11,12)8-4-5(9)10/h7-8H,1-4,6H2,(H,9,10). The third kappa shape index (κ3) is 7.65. The molecule has 0 amide bonds. The maximum absolute atomic E-state index is 10.9. The highest BCUT2D eigenvalue weighted by Crippen LogP contribution is 1.78. The van der Waals surface area contributed by atoms with Crippen LogP contribution in [0.15, 0.2) is 0 Å². The molecule has 0 radical (unpaired) electrons. The Labute approximate surface area is 76.5 Å². The molecule has 0 saturated carbocycles. The van der Waals surface area contributed by atoms with Crippen LogP contribution < -0.4 is 15.2 Å². The molecule has 0 atom stereocenters. The summed E-state index contributed by atoms with van der Waals surface area (Å²) in [6.07, 6.45) is 0.508. The molecule has 0 aliphatic rings. The molecular formula is C5H13N3O4S. The summed E-state index contributed by atoms with van der Waals surface area (Å²) in [5, 5.41) is 8.17. The molecule has 78 valence electrons. The van der Waals surface area contributed by atoms with E-state index in [1.54, 1.807) is 0 Å². The fourth-order valence-corrected chi connectivity index (χ4v) is 1.34. The van der Waals surface area contributed by atoms with Gasteiger partial charge in [-0.15, -0.1) is 0 Å². The molecule has 0 spiro atoms. The van der Waals surface area contributed by atoms with Crippen LogP contribution in [0.2, 0.25) is 0 Å². The minimum absolute atomic E-state index is 0.200. The van der Waals surface area contributed by atoms with E-state index in [2.05, 4.69) is 4.72 Å². The molecule has 0 fully saturated rings. The van der Waals surface area contributed by atoms with Gasteiger partial charge in [-0.1, -0.05) is 0 Å². The fourth-order valence-electron chi connectivity index (χ4n) is 0.516. The first-order valence-corrected chi connectivity index (χ1v) is 5.12. The Morgan fingerprint density at radius 1 is 1.38 bits per heavy atom. The molecule has 0 bridgehead atoms. The Morgan fingerprint density at radius 2 is 2.00 bits per heavy atom. The van der Waals surface area contributed by atoms with Crippen molar-refractivity contribution in [3.8, 4) is 0 Å².